The minimum atomic E-state index is 0.198. The largest absolute Gasteiger partial charge is 0.341 e. The number of benzene rings is 1. The van der Waals surface area contributed by atoms with Gasteiger partial charge in [0.05, 0.1) is 5.92 Å². The lowest BCUT2D eigenvalue weighted by Crippen LogP contribution is -2.53. The lowest BCUT2D eigenvalue weighted by molar-refractivity contribution is -0.137. The van der Waals surface area contributed by atoms with Crippen LogP contribution in [0, 0.1) is 5.92 Å². The first-order valence-electron chi connectivity index (χ1n) is 7.85. The quantitative estimate of drug-likeness (QED) is 0.782. The Hall–Kier alpha value is -1.39. The number of nitrogens with zero attached hydrogens (tertiary/aromatic N) is 2. The third-order valence-electron chi connectivity index (χ3n) is 4.00. The molecule has 1 aromatic rings. The van der Waals surface area contributed by atoms with E-state index in [0.717, 1.165) is 45.6 Å². The number of hydrogen-bond donors (Lipinski definition) is 1. The third-order valence-corrected chi connectivity index (χ3v) is 4.00. The van der Waals surface area contributed by atoms with Gasteiger partial charge in [-0.15, -0.1) is 0 Å². The van der Waals surface area contributed by atoms with E-state index in [1.807, 2.05) is 6.07 Å². The van der Waals surface area contributed by atoms with Gasteiger partial charge >= 0.3 is 0 Å². The fraction of sp³-hybridized carbons (Fsp3) is 0.588. The van der Waals surface area contributed by atoms with Crippen molar-refractivity contribution in [2.45, 2.75) is 12.8 Å². The maximum Gasteiger partial charge on any atom is 0.228 e. The second-order valence-corrected chi connectivity index (χ2v) is 6.07. The van der Waals surface area contributed by atoms with Gasteiger partial charge < -0.3 is 15.1 Å². The average Bonchev–Trinajstić information content (AvgIpc) is 2.41. The molecule has 4 nitrogen and oxygen atoms in total. The maximum atomic E-state index is 12.4. The van der Waals surface area contributed by atoms with Gasteiger partial charge in [0, 0.05) is 32.7 Å². The van der Waals surface area contributed by atoms with Crippen molar-refractivity contribution in [2.24, 2.45) is 5.92 Å². The molecule has 1 fully saturated rings. The third kappa shape index (κ3) is 5.14. The summed E-state index contributed by atoms with van der Waals surface area (Å²) in [6, 6.07) is 10.5. The second-order valence-electron chi connectivity index (χ2n) is 6.07. The summed E-state index contributed by atoms with van der Waals surface area (Å²) in [5.74, 6) is 0.521. The van der Waals surface area contributed by atoms with Gasteiger partial charge in [0.15, 0.2) is 0 Å². The van der Waals surface area contributed by atoms with Crippen LogP contribution in [-0.4, -0.2) is 62.5 Å². The van der Waals surface area contributed by atoms with Crippen molar-refractivity contribution in [2.75, 3.05) is 46.8 Å². The summed E-state index contributed by atoms with van der Waals surface area (Å²) >= 11 is 0. The van der Waals surface area contributed by atoms with E-state index in [9.17, 15) is 4.79 Å². The molecule has 1 amide bonds. The number of rotatable bonds is 8. The van der Waals surface area contributed by atoms with Crippen LogP contribution in [0.3, 0.4) is 0 Å². The van der Waals surface area contributed by atoms with Crippen molar-refractivity contribution in [3.8, 4) is 0 Å². The molecule has 0 bridgehead atoms. The first-order valence-corrected chi connectivity index (χ1v) is 7.85. The topological polar surface area (TPSA) is 35.6 Å². The fourth-order valence-electron chi connectivity index (χ4n) is 2.49. The number of aryl methyl sites for hydroxylation is 1. The Bertz CT molecular complexity index is 429. The number of hydrogen-bond acceptors (Lipinski definition) is 3. The zero-order chi connectivity index (χ0) is 15.1. The van der Waals surface area contributed by atoms with Crippen molar-refractivity contribution < 1.29 is 4.79 Å². The molecular weight excluding hydrogens is 262 g/mol. The van der Waals surface area contributed by atoms with Gasteiger partial charge in [0.1, 0.15) is 0 Å². The molecule has 1 N–H and O–H groups in total. The highest BCUT2D eigenvalue weighted by Crippen LogP contribution is 2.10. The van der Waals surface area contributed by atoms with Crippen molar-refractivity contribution in [1.82, 2.24) is 15.1 Å². The normalized spacial score (nSPS) is 15.0. The van der Waals surface area contributed by atoms with Crippen molar-refractivity contribution >= 4 is 5.91 Å². The summed E-state index contributed by atoms with van der Waals surface area (Å²) in [6.45, 7) is 4.30. The Balaban J connectivity index is 1.81. The van der Waals surface area contributed by atoms with Crippen molar-refractivity contribution in [1.29, 1.82) is 0 Å². The Morgan fingerprint density at radius 1 is 1.14 bits per heavy atom. The molecule has 0 unspecified atom stereocenters. The predicted octanol–water partition coefficient (Wildman–Crippen LogP) is 1.23. The molecule has 21 heavy (non-hydrogen) atoms. The van der Waals surface area contributed by atoms with Gasteiger partial charge in [-0.3, -0.25) is 4.79 Å². The highest BCUT2D eigenvalue weighted by atomic mass is 16.2. The molecule has 1 heterocycles. The molecule has 116 valence electrons. The van der Waals surface area contributed by atoms with Crippen LogP contribution in [0.1, 0.15) is 12.0 Å². The highest BCUT2D eigenvalue weighted by molar-refractivity contribution is 5.80. The van der Waals surface area contributed by atoms with Crippen molar-refractivity contribution in [3.05, 3.63) is 35.9 Å². The number of carbonyl (C=O) groups is 1. The van der Waals surface area contributed by atoms with E-state index < -0.39 is 0 Å². The summed E-state index contributed by atoms with van der Waals surface area (Å²) < 4.78 is 0. The van der Waals surface area contributed by atoms with Crippen molar-refractivity contribution in [3.63, 3.8) is 0 Å². The molecule has 1 aliphatic heterocycles. The summed E-state index contributed by atoms with van der Waals surface area (Å²) in [7, 11) is 4.11. The standard InChI is InChI=1S/C17H27N3O/c1-19(2)11-12-20(17(21)16-13-18-14-16)10-6-9-15-7-4-3-5-8-15/h3-5,7-8,16,18H,6,9-14H2,1-2H3. The van der Waals surface area contributed by atoms with Gasteiger partial charge in [-0.25, -0.2) is 0 Å². The Kier molecular flexibility index (Phi) is 6.21. The Morgan fingerprint density at radius 3 is 2.43 bits per heavy atom. The molecule has 0 radical (unpaired) electrons. The number of nitrogens with one attached hydrogen (secondary N) is 1. The summed E-state index contributed by atoms with van der Waals surface area (Å²) in [4.78, 5) is 16.6. The lowest BCUT2D eigenvalue weighted by atomic mass is 10.0. The number of likely N-dealkylation sites (N-methyl/N-ethyl adjacent to an activating group) is 1. The zero-order valence-corrected chi connectivity index (χ0v) is 13.2. The molecule has 1 aromatic carbocycles. The van der Waals surface area contributed by atoms with Crippen LogP contribution in [0.15, 0.2) is 30.3 Å². The van der Waals surface area contributed by atoms with Crippen LogP contribution in [0.4, 0.5) is 0 Å². The van der Waals surface area contributed by atoms with Gasteiger partial charge in [-0.05, 0) is 32.5 Å². The summed E-state index contributed by atoms with van der Waals surface area (Å²) in [6.07, 6.45) is 2.07. The van der Waals surface area contributed by atoms with E-state index in [0.29, 0.717) is 5.91 Å². The highest BCUT2D eigenvalue weighted by Gasteiger charge is 2.28. The van der Waals surface area contributed by atoms with E-state index in [1.165, 1.54) is 5.56 Å². The van der Waals surface area contributed by atoms with E-state index >= 15 is 0 Å². The number of amides is 1. The molecule has 0 spiro atoms. The number of carbonyl (C=O) groups excluding carboxylic acids is 1. The SMILES string of the molecule is CN(C)CCN(CCCc1ccccc1)C(=O)C1CNC1. The maximum absolute atomic E-state index is 12.4. The first-order chi connectivity index (χ1) is 10.2. The molecular formula is C17H27N3O. The van der Waals surface area contributed by atoms with Crippen LogP contribution < -0.4 is 5.32 Å². The lowest BCUT2D eigenvalue weighted by Gasteiger charge is -2.33. The Morgan fingerprint density at radius 2 is 1.86 bits per heavy atom. The molecule has 1 aliphatic rings. The smallest absolute Gasteiger partial charge is 0.228 e. The monoisotopic (exact) mass is 289 g/mol. The van der Waals surface area contributed by atoms with Crippen LogP contribution in [0.5, 0.6) is 0 Å². The van der Waals surface area contributed by atoms with E-state index in [2.05, 4.69) is 53.5 Å². The van der Waals surface area contributed by atoms with Gasteiger partial charge in [-0.1, -0.05) is 30.3 Å². The molecule has 4 heteroatoms. The average molecular weight is 289 g/mol. The molecule has 0 saturated carbocycles. The van der Waals surface area contributed by atoms with Crippen LogP contribution in [-0.2, 0) is 11.2 Å². The molecule has 0 atom stereocenters. The molecule has 2 rings (SSSR count). The van der Waals surface area contributed by atoms with Gasteiger partial charge in [0.2, 0.25) is 5.91 Å². The minimum absolute atomic E-state index is 0.198. The minimum Gasteiger partial charge on any atom is -0.341 e. The van der Waals surface area contributed by atoms with Gasteiger partial charge in [-0.2, -0.15) is 0 Å². The summed E-state index contributed by atoms with van der Waals surface area (Å²) in [5, 5.41) is 3.19. The summed E-state index contributed by atoms with van der Waals surface area (Å²) in [5.41, 5.74) is 1.35. The molecule has 1 saturated heterocycles. The van der Waals surface area contributed by atoms with Crippen LogP contribution in [0.2, 0.25) is 0 Å². The molecule has 0 aromatic heterocycles. The van der Waals surface area contributed by atoms with Crippen LogP contribution in [0.25, 0.3) is 0 Å². The van der Waals surface area contributed by atoms with Crippen LogP contribution >= 0.6 is 0 Å². The molecule has 0 aliphatic carbocycles. The van der Waals surface area contributed by atoms with Gasteiger partial charge in [0.25, 0.3) is 0 Å². The zero-order valence-electron chi connectivity index (χ0n) is 13.2. The van der Waals surface area contributed by atoms with E-state index in [-0.39, 0.29) is 5.92 Å². The second kappa shape index (κ2) is 8.15. The Labute approximate surface area is 128 Å². The first kappa shape index (κ1) is 16.0. The fourth-order valence-corrected chi connectivity index (χ4v) is 2.49. The van der Waals surface area contributed by atoms with E-state index in [1.54, 1.807) is 0 Å². The predicted molar refractivity (Wildman–Crippen MR) is 86.3 cm³/mol. The van der Waals surface area contributed by atoms with E-state index in [4.69, 9.17) is 0 Å².